The van der Waals surface area contributed by atoms with Gasteiger partial charge in [0.1, 0.15) is 5.71 Å². The molecule has 0 bridgehead atoms. The van der Waals surface area contributed by atoms with Gasteiger partial charge in [0.15, 0.2) is 0 Å². The Morgan fingerprint density at radius 1 is 1.04 bits per heavy atom. The first-order valence-electron chi connectivity index (χ1n) is 9.95. The Hall–Kier alpha value is -2.70. The van der Waals surface area contributed by atoms with E-state index < -0.39 is 0 Å². The SMILES string of the molecule is CCC(=O)N1CCCN(C(=O)C2=NN(c3cc(C)ccc3C)C(=O)CC2)CC1. The number of hydrogen-bond acceptors (Lipinski definition) is 4. The summed E-state index contributed by atoms with van der Waals surface area (Å²) < 4.78 is 0. The Kier molecular flexibility index (Phi) is 6.11. The molecule has 2 aliphatic heterocycles. The van der Waals surface area contributed by atoms with Gasteiger partial charge in [-0.2, -0.15) is 5.10 Å². The molecule has 1 fully saturated rings. The fourth-order valence-corrected chi connectivity index (χ4v) is 3.62. The number of hydrazone groups is 1. The predicted octanol–water partition coefficient (Wildman–Crippen LogP) is 2.26. The highest BCUT2D eigenvalue weighted by Gasteiger charge is 2.30. The Bertz CT molecular complexity index is 818. The van der Waals surface area contributed by atoms with E-state index in [1.54, 1.807) is 4.90 Å². The topological polar surface area (TPSA) is 73.3 Å². The molecule has 0 unspecified atom stereocenters. The Morgan fingerprint density at radius 3 is 2.50 bits per heavy atom. The van der Waals surface area contributed by atoms with Crippen LogP contribution in [-0.2, 0) is 14.4 Å². The molecule has 0 N–H and O–H groups in total. The van der Waals surface area contributed by atoms with E-state index in [0.29, 0.717) is 44.7 Å². The van der Waals surface area contributed by atoms with Crippen molar-refractivity contribution in [2.45, 2.75) is 46.5 Å². The minimum absolute atomic E-state index is 0.0964. The largest absolute Gasteiger partial charge is 0.341 e. The molecule has 0 radical (unpaired) electrons. The van der Waals surface area contributed by atoms with Crippen molar-refractivity contribution in [3.8, 4) is 0 Å². The quantitative estimate of drug-likeness (QED) is 0.802. The van der Waals surface area contributed by atoms with E-state index in [9.17, 15) is 14.4 Å². The van der Waals surface area contributed by atoms with Gasteiger partial charge in [0.25, 0.3) is 5.91 Å². The van der Waals surface area contributed by atoms with E-state index >= 15 is 0 Å². The molecule has 7 nitrogen and oxygen atoms in total. The summed E-state index contributed by atoms with van der Waals surface area (Å²) in [5.74, 6) is -0.106. The highest BCUT2D eigenvalue weighted by Crippen LogP contribution is 2.25. The molecule has 0 spiro atoms. The number of carbonyl (C=O) groups excluding carboxylic acids is 3. The second-order valence-corrected chi connectivity index (χ2v) is 7.42. The molecule has 28 heavy (non-hydrogen) atoms. The molecule has 3 amide bonds. The van der Waals surface area contributed by atoms with Crippen LogP contribution >= 0.6 is 0 Å². The van der Waals surface area contributed by atoms with Gasteiger partial charge in [0.2, 0.25) is 11.8 Å². The van der Waals surface area contributed by atoms with Crippen LogP contribution < -0.4 is 5.01 Å². The van der Waals surface area contributed by atoms with Gasteiger partial charge in [-0.25, -0.2) is 5.01 Å². The van der Waals surface area contributed by atoms with Crippen molar-refractivity contribution in [2.75, 3.05) is 31.2 Å². The van der Waals surface area contributed by atoms with Gasteiger partial charge in [-0.05, 0) is 37.5 Å². The maximum atomic E-state index is 13.0. The predicted molar refractivity (Wildman–Crippen MR) is 108 cm³/mol. The van der Waals surface area contributed by atoms with Crippen molar-refractivity contribution in [2.24, 2.45) is 5.10 Å². The van der Waals surface area contributed by atoms with Crippen LogP contribution in [0.5, 0.6) is 0 Å². The van der Waals surface area contributed by atoms with E-state index in [1.807, 2.05) is 43.9 Å². The number of carbonyl (C=O) groups is 3. The molecule has 0 aliphatic carbocycles. The van der Waals surface area contributed by atoms with Crippen LogP contribution in [0.15, 0.2) is 23.3 Å². The highest BCUT2D eigenvalue weighted by atomic mass is 16.2. The first kappa shape index (κ1) is 20.0. The lowest BCUT2D eigenvalue weighted by Gasteiger charge is -2.27. The number of hydrogen-bond donors (Lipinski definition) is 0. The summed E-state index contributed by atoms with van der Waals surface area (Å²) in [4.78, 5) is 41.0. The number of benzene rings is 1. The molecule has 2 aliphatic rings. The summed E-state index contributed by atoms with van der Waals surface area (Å²) in [5.41, 5.74) is 3.12. The lowest BCUT2D eigenvalue weighted by molar-refractivity contribution is -0.131. The van der Waals surface area contributed by atoms with Crippen molar-refractivity contribution in [1.29, 1.82) is 0 Å². The van der Waals surface area contributed by atoms with Crippen LogP contribution in [0, 0.1) is 13.8 Å². The van der Waals surface area contributed by atoms with Gasteiger partial charge in [-0.15, -0.1) is 0 Å². The fraction of sp³-hybridized carbons (Fsp3) is 0.524. The molecular weight excluding hydrogens is 356 g/mol. The lowest BCUT2D eigenvalue weighted by Crippen LogP contribution is -2.43. The smallest absolute Gasteiger partial charge is 0.270 e. The zero-order valence-corrected chi connectivity index (χ0v) is 16.9. The van der Waals surface area contributed by atoms with Crippen molar-refractivity contribution >= 4 is 29.1 Å². The maximum Gasteiger partial charge on any atom is 0.270 e. The zero-order valence-electron chi connectivity index (χ0n) is 16.9. The number of rotatable bonds is 3. The van der Waals surface area contributed by atoms with Crippen LogP contribution in [-0.4, -0.2) is 59.4 Å². The average molecular weight is 384 g/mol. The third-order valence-electron chi connectivity index (χ3n) is 5.31. The van der Waals surface area contributed by atoms with Crippen LogP contribution in [0.4, 0.5) is 5.69 Å². The number of aryl methyl sites for hydroxylation is 2. The van der Waals surface area contributed by atoms with E-state index in [-0.39, 0.29) is 24.1 Å². The third kappa shape index (κ3) is 4.24. The third-order valence-corrected chi connectivity index (χ3v) is 5.31. The van der Waals surface area contributed by atoms with Gasteiger partial charge >= 0.3 is 0 Å². The minimum Gasteiger partial charge on any atom is -0.341 e. The standard InChI is InChI=1S/C21H28N4O3/c1-4-19(26)23-10-5-11-24(13-12-23)21(28)17-8-9-20(27)25(22-17)18-14-15(2)6-7-16(18)3/h6-7,14H,4-5,8-13H2,1-3H3. The molecule has 1 saturated heterocycles. The minimum atomic E-state index is -0.131. The number of anilines is 1. The average Bonchev–Trinajstić information content (AvgIpc) is 2.95. The molecule has 0 atom stereocenters. The van der Waals surface area contributed by atoms with Crippen LogP contribution in [0.3, 0.4) is 0 Å². The van der Waals surface area contributed by atoms with Crippen LogP contribution in [0.2, 0.25) is 0 Å². The lowest BCUT2D eigenvalue weighted by atomic mass is 10.1. The van der Waals surface area contributed by atoms with Crippen molar-refractivity contribution in [1.82, 2.24) is 9.80 Å². The monoisotopic (exact) mass is 384 g/mol. The van der Waals surface area contributed by atoms with E-state index in [4.69, 9.17) is 0 Å². The van der Waals surface area contributed by atoms with Gasteiger partial charge < -0.3 is 9.80 Å². The van der Waals surface area contributed by atoms with E-state index in [1.165, 1.54) is 5.01 Å². The van der Waals surface area contributed by atoms with Gasteiger partial charge in [0.05, 0.1) is 5.69 Å². The second-order valence-electron chi connectivity index (χ2n) is 7.42. The molecule has 150 valence electrons. The number of amides is 3. The van der Waals surface area contributed by atoms with Crippen LogP contribution in [0.1, 0.15) is 43.7 Å². The first-order chi connectivity index (χ1) is 13.4. The Labute approximate surface area is 166 Å². The van der Waals surface area contributed by atoms with Crippen molar-refractivity contribution < 1.29 is 14.4 Å². The van der Waals surface area contributed by atoms with Crippen molar-refractivity contribution in [3.05, 3.63) is 29.3 Å². The molecule has 0 aromatic heterocycles. The normalized spacial score (nSPS) is 18.0. The van der Waals surface area contributed by atoms with Crippen LogP contribution in [0.25, 0.3) is 0 Å². The van der Waals surface area contributed by atoms with E-state index in [2.05, 4.69) is 5.10 Å². The molecular formula is C21H28N4O3. The summed E-state index contributed by atoms with van der Waals surface area (Å²) >= 11 is 0. The van der Waals surface area contributed by atoms with Gasteiger partial charge in [-0.1, -0.05) is 19.1 Å². The maximum absolute atomic E-state index is 13.0. The van der Waals surface area contributed by atoms with Gasteiger partial charge in [0, 0.05) is 45.4 Å². The summed E-state index contributed by atoms with van der Waals surface area (Å²) in [5, 5.41) is 5.82. The Morgan fingerprint density at radius 2 is 1.75 bits per heavy atom. The van der Waals surface area contributed by atoms with Gasteiger partial charge in [-0.3, -0.25) is 14.4 Å². The highest BCUT2D eigenvalue weighted by molar-refractivity contribution is 6.40. The van der Waals surface area contributed by atoms with Crippen molar-refractivity contribution in [3.63, 3.8) is 0 Å². The molecule has 1 aromatic carbocycles. The molecule has 0 saturated carbocycles. The second kappa shape index (κ2) is 8.54. The molecule has 1 aromatic rings. The molecule has 3 rings (SSSR count). The van der Waals surface area contributed by atoms with E-state index in [0.717, 1.165) is 23.2 Å². The summed E-state index contributed by atoms with van der Waals surface area (Å²) in [7, 11) is 0. The summed E-state index contributed by atoms with van der Waals surface area (Å²) in [6.07, 6.45) is 1.86. The zero-order chi connectivity index (χ0) is 20.3. The Balaban J connectivity index is 1.78. The molecule has 7 heteroatoms. The summed E-state index contributed by atoms with van der Waals surface area (Å²) in [6, 6.07) is 5.87. The fourth-order valence-electron chi connectivity index (χ4n) is 3.62. The first-order valence-corrected chi connectivity index (χ1v) is 9.95. The summed E-state index contributed by atoms with van der Waals surface area (Å²) in [6.45, 7) is 8.08. The molecule has 2 heterocycles. The number of nitrogens with zero attached hydrogens (tertiary/aromatic N) is 4.